The van der Waals surface area contributed by atoms with Gasteiger partial charge in [0, 0.05) is 0 Å². The third-order valence-corrected chi connectivity index (χ3v) is 4.68. The first-order valence-corrected chi connectivity index (χ1v) is 9.37. The normalized spacial score (nSPS) is 11.3. The van der Waals surface area contributed by atoms with E-state index in [-0.39, 0.29) is 18.3 Å². The number of furan rings is 1. The van der Waals surface area contributed by atoms with E-state index in [1.165, 1.54) is 19.2 Å². The molecule has 6 nitrogen and oxygen atoms in total. The number of halogens is 1. The highest BCUT2D eigenvalue weighted by Gasteiger charge is 2.19. The van der Waals surface area contributed by atoms with Gasteiger partial charge in [-0.2, -0.15) is 5.10 Å². The summed E-state index contributed by atoms with van der Waals surface area (Å²) in [6, 6.07) is 13.3. The second-order valence-electron chi connectivity index (χ2n) is 6.76. The maximum Gasteiger partial charge on any atom is 0.255 e. The molecule has 0 atom stereocenters. The number of aromatic amines is 1. The fraction of sp³-hybridized carbons (Fsp3) is 0.130. The number of aromatic nitrogens is 2. The molecule has 30 heavy (non-hydrogen) atoms. The molecule has 2 aromatic heterocycles. The van der Waals surface area contributed by atoms with Crippen LogP contribution in [0, 0.1) is 12.7 Å². The highest BCUT2D eigenvalue weighted by atomic mass is 19.1. The molecule has 0 saturated carbocycles. The lowest BCUT2D eigenvalue weighted by molar-refractivity contribution is 0.0945. The van der Waals surface area contributed by atoms with E-state index in [9.17, 15) is 9.18 Å². The summed E-state index contributed by atoms with van der Waals surface area (Å²) in [4.78, 5) is 12.8. The molecule has 1 amide bonds. The Morgan fingerprint density at radius 1 is 1.17 bits per heavy atom. The summed E-state index contributed by atoms with van der Waals surface area (Å²) in [5.41, 5.74) is 2.58. The van der Waals surface area contributed by atoms with Crippen LogP contribution in [-0.4, -0.2) is 23.2 Å². The first-order valence-electron chi connectivity index (χ1n) is 9.37. The predicted octanol–water partition coefficient (Wildman–Crippen LogP) is 4.71. The van der Waals surface area contributed by atoms with Crippen LogP contribution < -0.4 is 10.1 Å². The van der Waals surface area contributed by atoms with Crippen molar-refractivity contribution in [3.63, 3.8) is 0 Å². The van der Waals surface area contributed by atoms with Crippen molar-refractivity contribution in [1.29, 1.82) is 0 Å². The lowest BCUT2D eigenvalue weighted by Crippen LogP contribution is -2.23. The molecule has 2 N–H and O–H groups in total. The number of carbonyl (C=O) groups excluding carboxylic acids is 1. The number of amides is 1. The Hall–Kier alpha value is -3.87. The van der Waals surface area contributed by atoms with Crippen LogP contribution >= 0.6 is 0 Å². The van der Waals surface area contributed by atoms with Crippen LogP contribution in [0.2, 0.25) is 0 Å². The number of nitrogens with zero attached hydrogens (tertiary/aromatic N) is 1. The minimum absolute atomic E-state index is 0.274. The van der Waals surface area contributed by atoms with Gasteiger partial charge in [-0.05, 0) is 55.0 Å². The van der Waals surface area contributed by atoms with Gasteiger partial charge in [0.1, 0.15) is 23.1 Å². The van der Waals surface area contributed by atoms with Gasteiger partial charge in [0.15, 0.2) is 0 Å². The topological polar surface area (TPSA) is 80.1 Å². The summed E-state index contributed by atoms with van der Waals surface area (Å²) in [5.74, 6) is 1.31. The molecule has 2 heterocycles. The van der Waals surface area contributed by atoms with Crippen molar-refractivity contribution in [3.8, 4) is 5.75 Å². The van der Waals surface area contributed by atoms with Gasteiger partial charge in [-0.1, -0.05) is 18.2 Å². The predicted molar refractivity (Wildman–Crippen MR) is 113 cm³/mol. The molecular formula is C23H20FN3O3. The number of benzene rings is 2. The third-order valence-electron chi connectivity index (χ3n) is 4.68. The minimum atomic E-state index is -0.292. The molecule has 0 aliphatic carbocycles. The van der Waals surface area contributed by atoms with Gasteiger partial charge < -0.3 is 14.5 Å². The first-order chi connectivity index (χ1) is 14.5. The number of carbonyl (C=O) groups is 1. The molecule has 7 heteroatoms. The van der Waals surface area contributed by atoms with E-state index in [0.29, 0.717) is 28.2 Å². The summed E-state index contributed by atoms with van der Waals surface area (Å²) in [7, 11) is 1.52. The molecule has 4 aromatic rings. The molecule has 0 aliphatic heterocycles. The number of H-pyrrole nitrogens is 1. The molecule has 0 unspecified atom stereocenters. The van der Waals surface area contributed by atoms with E-state index in [0.717, 1.165) is 16.8 Å². The molecule has 0 aliphatic rings. The van der Waals surface area contributed by atoms with E-state index in [2.05, 4.69) is 15.5 Å². The molecule has 4 rings (SSSR count). The van der Waals surface area contributed by atoms with Gasteiger partial charge >= 0.3 is 0 Å². The van der Waals surface area contributed by atoms with Crippen molar-refractivity contribution >= 4 is 29.0 Å². The van der Waals surface area contributed by atoms with E-state index < -0.39 is 0 Å². The van der Waals surface area contributed by atoms with Gasteiger partial charge in [0.25, 0.3) is 5.91 Å². The molecule has 0 spiro atoms. The molecular weight excluding hydrogens is 385 g/mol. The van der Waals surface area contributed by atoms with Crippen molar-refractivity contribution in [2.24, 2.45) is 0 Å². The Labute approximate surface area is 172 Å². The third kappa shape index (κ3) is 3.96. The number of hydrogen-bond donors (Lipinski definition) is 2. The SMILES string of the molecule is COc1c(C(=O)NCc2ccc(C)o2)ccc2[nH]nc(C=Cc3ccc(F)cc3)c12. The largest absolute Gasteiger partial charge is 0.495 e. The Bertz CT molecular complexity index is 1220. The summed E-state index contributed by atoms with van der Waals surface area (Å²) < 4.78 is 24.2. The highest BCUT2D eigenvalue weighted by Crippen LogP contribution is 2.32. The zero-order valence-electron chi connectivity index (χ0n) is 16.5. The highest BCUT2D eigenvalue weighted by molar-refractivity contribution is 6.05. The zero-order valence-corrected chi connectivity index (χ0v) is 16.5. The Morgan fingerprint density at radius 3 is 2.67 bits per heavy atom. The van der Waals surface area contributed by atoms with Crippen molar-refractivity contribution in [2.45, 2.75) is 13.5 Å². The van der Waals surface area contributed by atoms with Crippen LogP contribution in [0.25, 0.3) is 23.1 Å². The summed E-state index contributed by atoms with van der Waals surface area (Å²) in [6.45, 7) is 2.12. The number of ether oxygens (including phenoxy) is 1. The van der Waals surface area contributed by atoms with E-state index in [1.807, 2.05) is 25.1 Å². The minimum Gasteiger partial charge on any atom is -0.495 e. The second-order valence-corrected chi connectivity index (χ2v) is 6.76. The Kier molecular flexibility index (Phi) is 5.34. The number of fused-ring (bicyclic) bond motifs is 1. The van der Waals surface area contributed by atoms with Gasteiger partial charge in [-0.15, -0.1) is 0 Å². The van der Waals surface area contributed by atoms with Crippen molar-refractivity contribution < 1.29 is 18.3 Å². The van der Waals surface area contributed by atoms with Crippen LogP contribution in [0.15, 0.2) is 52.9 Å². The number of nitrogens with one attached hydrogen (secondary N) is 2. The summed E-state index contributed by atoms with van der Waals surface area (Å²) >= 11 is 0. The van der Waals surface area contributed by atoms with Crippen LogP contribution in [0.4, 0.5) is 4.39 Å². The molecule has 0 fully saturated rings. The van der Waals surface area contributed by atoms with E-state index in [1.54, 1.807) is 30.3 Å². The maximum absolute atomic E-state index is 13.1. The summed E-state index contributed by atoms with van der Waals surface area (Å²) in [5, 5.41) is 10.8. The standard InChI is InChI=1S/C23H20FN3O3/c1-14-3-9-17(30-14)13-25-23(28)18-10-12-20-21(22(18)29-2)19(26-27-20)11-6-15-4-7-16(24)8-5-15/h3-12H,13H2,1-2H3,(H,25,28)(H,26,27). The van der Waals surface area contributed by atoms with Gasteiger partial charge in [0.2, 0.25) is 0 Å². The molecule has 0 radical (unpaired) electrons. The van der Waals surface area contributed by atoms with E-state index in [4.69, 9.17) is 9.15 Å². The van der Waals surface area contributed by atoms with Gasteiger partial charge in [-0.3, -0.25) is 9.89 Å². The van der Waals surface area contributed by atoms with Crippen LogP contribution in [0.1, 0.15) is 33.1 Å². The lowest BCUT2D eigenvalue weighted by Gasteiger charge is -2.10. The first kappa shape index (κ1) is 19.4. The average Bonchev–Trinajstić information content (AvgIpc) is 3.36. The zero-order chi connectivity index (χ0) is 21.1. The van der Waals surface area contributed by atoms with Gasteiger partial charge in [0.05, 0.1) is 35.8 Å². The number of methoxy groups -OCH3 is 1. The average molecular weight is 405 g/mol. The van der Waals surface area contributed by atoms with Crippen LogP contribution in [0.5, 0.6) is 5.75 Å². The summed E-state index contributed by atoms with van der Waals surface area (Å²) in [6.07, 6.45) is 3.61. The molecule has 2 aromatic carbocycles. The lowest BCUT2D eigenvalue weighted by atomic mass is 10.1. The molecule has 0 saturated heterocycles. The molecule has 0 bridgehead atoms. The van der Waals surface area contributed by atoms with Gasteiger partial charge in [-0.25, -0.2) is 4.39 Å². The Morgan fingerprint density at radius 2 is 1.97 bits per heavy atom. The number of hydrogen-bond acceptors (Lipinski definition) is 4. The van der Waals surface area contributed by atoms with E-state index >= 15 is 0 Å². The van der Waals surface area contributed by atoms with Crippen LogP contribution in [0.3, 0.4) is 0 Å². The Balaban J connectivity index is 1.63. The fourth-order valence-electron chi connectivity index (χ4n) is 3.21. The quantitative estimate of drug-likeness (QED) is 0.487. The molecule has 152 valence electrons. The monoisotopic (exact) mass is 405 g/mol. The van der Waals surface area contributed by atoms with Crippen molar-refractivity contribution in [1.82, 2.24) is 15.5 Å². The van der Waals surface area contributed by atoms with Crippen molar-refractivity contribution in [2.75, 3.05) is 7.11 Å². The maximum atomic E-state index is 13.1. The second kappa shape index (κ2) is 8.24. The smallest absolute Gasteiger partial charge is 0.255 e. The van der Waals surface area contributed by atoms with Crippen molar-refractivity contribution in [3.05, 3.63) is 82.7 Å². The fourth-order valence-corrected chi connectivity index (χ4v) is 3.21. The number of rotatable bonds is 6. The van der Waals surface area contributed by atoms with Crippen LogP contribution in [-0.2, 0) is 6.54 Å². The number of aryl methyl sites for hydroxylation is 1.